The molecule has 1 heterocycles. The van der Waals surface area contributed by atoms with Gasteiger partial charge in [-0.05, 0) is 37.3 Å². The summed E-state index contributed by atoms with van der Waals surface area (Å²) in [6.07, 6.45) is -0.867. The number of anilines is 1. The van der Waals surface area contributed by atoms with Crippen molar-refractivity contribution in [2.75, 3.05) is 18.5 Å². The first-order valence-corrected chi connectivity index (χ1v) is 8.14. The van der Waals surface area contributed by atoms with Gasteiger partial charge in [-0.1, -0.05) is 15.9 Å². The first kappa shape index (κ1) is 16.6. The Bertz CT molecular complexity index is 768. The van der Waals surface area contributed by atoms with Gasteiger partial charge in [0.25, 0.3) is 5.91 Å². The summed E-state index contributed by atoms with van der Waals surface area (Å²) >= 11 is 3.17. The second kappa shape index (κ2) is 7.09. The van der Waals surface area contributed by atoms with Crippen molar-refractivity contribution in [1.29, 1.82) is 0 Å². The maximum absolute atomic E-state index is 13.8. The van der Waals surface area contributed by atoms with Gasteiger partial charge in [0.2, 0.25) is 0 Å². The molecule has 0 aromatic heterocycles. The monoisotopic (exact) mass is 395 g/mol. The van der Waals surface area contributed by atoms with Gasteiger partial charge in [0.15, 0.2) is 29.2 Å². The number of fused-ring (bicyclic) bond motifs is 1. The summed E-state index contributed by atoms with van der Waals surface area (Å²) in [6.45, 7) is 2.52. The minimum Gasteiger partial charge on any atom is -0.486 e. The van der Waals surface area contributed by atoms with E-state index in [2.05, 4.69) is 21.2 Å². The Morgan fingerprint density at radius 2 is 1.96 bits per heavy atom. The molecule has 0 saturated heterocycles. The molecule has 1 aliphatic rings. The van der Waals surface area contributed by atoms with Crippen molar-refractivity contribution in [2.45, 2.75) is 13.0 Å². The second-order valence-corrected chi connectivity index (χ2v) is 6.10. The lowest BCUT2D eigenvalue weighted by atomic mass is 10.2. The number of hydrogen-bond acceptors (Lipinski definition) is 4. The van der Waals surface area contributed by atoms with Crippen molar-refractivity contribution in [3.8, 4) is 17.2 Å². The van der Waals surface area contributed by atoms with E-state index < -0.39 is 17.8 Å². The highest BCUT2D eigenvalue weighted by atomic mass is 79.9. The zero-order chi connectivity index (χ0) is 17.1. The summed E-state index contributed by atoms with van der Waals surface area (Å²) in [6, 6.07) is 9.50. The standard InChI is InChI=1S/C17H15BrFNO4/c1-10(24-14-4-2-11(18)8-13(14)19)17(21)20-12-3-5-15-16(9-12)23-7-6-22-15/h2-5,8-10H,6-7H2,1H3,(H,20,21)/t10-/m1/s1. The number of benzene rings is 2. The topological polar surface area (TPSA) is 56.8 Å². The molecule has 0 bridgehead atoms. The van der Waals surface area contributed by atoms with Crippen LogP contribution in [0.1, 0.15) is 6.92 Å². The SMILES string of the molecule is C[C@@H](Oc1ccc(Br)cc1F)C(=O)Nc1ccc2c(c1)OCCO2. The molecule has 1 N–H and O–H groups in total. The molecule has 7 heteroatoms. The van der Waals surface area contributed by atoms with E-state index in [-0.39, 0.29) is 5.75 Å². The van der Waals surface area contributed by atoms with Crippen LogP contribution in [0, 0.1) is 5.82 Å². The summed E-state index contributed by atoms with van der Waals surface area (Å²) in [7, 11) is 0. The zero-order valence-corrected chi connectivity index (χ0v) is 14.4. The third-order valence-electron chi connectivity index (χ3n) is 3.38. The van der Waals surface area contributed by atoms with Gasteiger partial charge in [-0.25, -0.2) is 4.39 Å². The number of amides is 1. The van der Waals surface area contributed by atoms with E-state index in [1.807, 2.05) is 0 Å². The van der Waals surface area contributed by atoms with Gasteiger partial charge in [0, 0.05) is 16.2 Å². The van der Waals surface area contributed by atoms with Crippen molar-refractivity contribution >= 4 is 27.5 Å². The molecule has 0 radical (unpaired) electrons. The molecular weight excluding hydrogens is 381 g/mol. The fraction of sp³-hybridized carbons (Fsp3) is 0.235. The van der Waals surface area contributed by atoms with Gasteiger partial charge in [0.05, 0.1) is 0 Å². The highest BCUT2D eigenvalue weighted by Gasteiger charge is 2.18. The van der Waals surface area contributed by atoms with Crippen LogP contribution in [-0.2, 0) is 4.79 Å². The van der Waals surface area contributed by atoms with Crippen molar-refractivity contribution in [3.05, 3.63) is 46.7 Å². The lowest BCUT2D eigenvalue weighted by Gasteiger charge is -2.20. The predicted octanol–water partition coefficient (Wildman–Crippen LogP) is 3.77. The first-order chi connectivity index (χ1) is 11.5. The van der Waals surface area contributed by atoms with E-state index in [1.54, 1.807) is 31.2 Å². The summed E-state index contributed by atoms with van der Waals surface area (Å²) < 4.78 is 30.6. The summed E-state index contributed by atoms with van der Waals surface area (Å²) in [4.78, 5) is 12.2. The van der Waals surface area contributed by atoms with Crippen molar-refractivity contribution in [3.63, 3.8) is 0 Å². The Kier molecular flexibility index (Phi) is 4.89. The van der Waals surface area contributed by atoms with Crippen LogP contribution in [0.3, 0.4) is 0 Å². The van der Waals surface area contributed by atoms with Gasteiger partial charge in [-0.3, -0.25) is 4.79 Å². The van der Waals surface area contributed by atoms with Crippen molar-refractivity contribution < 1.29 is 23.4 Å². The largest absolute Gasteiger partial charge is 0.486 e. The molecule has 3 rings (SSSR count). The number of halogens is 2. The van der Waals surface area contributed by atoms with E-state index >= 15 is 0 Å². The summed E-state index contributed by atoms with van der Waals surface area (Å²) in [5.74, 6) is 0.299. The zero-order valence-electron chi connectivity index (χ0n) is 12.8. The van der Waals surface area contributed by atoms with Crippen LogP contribution in [0.2, 0.25) is 0 Å². The molecule has 0 fully saturated rings. The Balaban J connectivity index is 1.65. The smallest absolute Gasteiger partial charge is 0.265 e. The number of carbonyl (C=O) groups is 1. The minimum atomic E-state index is -0.867. The lowest BCUT2D eigenvalue weighted by molar-refractivity contribution is -0.122. The number of carbonyl (C=O) groups excluding carboxylic acids is 1. The van der Waals surface area contributed by atoms with Crippen molar-refractivity contribution in [2.24, 2.45) is 0 Å². The van der Waals surface area contributed by atoms with Crippen LogP contribution in [-0.4, -0.2) is 25.2 Å². The molecular formula is C17H15BrFNO4. The Morgan fingerprint density at radius 3 is 2.71 bits per heavy atom. The van der Waals surface area contributed by atoms with E-state index in [9.17, 15) is 9.18 Å². The summed E-state index contributed by atoms with van der Waals surface area (Å²) in [5.41, 5.74) is 0.552. The molecule has 2 aromatic rings. The molecule has 0 aliphatic carbocycles. The number of ether oxygens (including phenoxy) is 3. The van der Waals surface area contributed by atoms with E-state index in [1.165, 1.54) is 12.1 Å². The fourth-order valence-corrected chi connectivity index (χ4v) is 2.51. The van der Waals surface area contributed by atoms with Gasteiger partial charge >= 0.3 is 0 Å². The predicted molar refractivity (Wildman–Crippen MR) is 90.3 cm³/mol. The Labute approximate surface area is 146 Å². The molecule has 1 amide bonds. The average molecular weight is 396 g/mol. The highest BCUT2D eigenvalue weighted by Crippen LogP contribution is 2.32. The minimum absolute atomic E-state index is 0.0167. The van der Waals surface area contributed by atoms with Crippen LogP contribution in [0.4, 0.5) is 10.1 Å². The molecule has 1 atom stereocenters. The van der Waals surface area contributed by atoms with Crippen LogP contribution in [0.5, 0.6) is 17.2 Å². The molecule has 0 unspecified atom stereocenters. The maximum Gasteiger partial charge on any atom is 0.265 e. The molecule has 24 heavy (non-hydrogen) atoms. The van der Waals surface area contributed by atoms with Gasteiger partial charge in [-0.15, -0.1) is 0 Å². The molecule has 0 spiro atoms. The molecule has 1 aliphatic heterocycles. The quantitative estimate of drug-likeness (QED) is 0.855. The number of nitrogens with one attached hydrogen (secondary N) is 1. The van der Waals surface area contributed by atoms with Gasteiger partial charge in [0.1, 0.15) is 13.2 Å². The van der Waals surface area contributed by atoms with E-state index in [0.717, 1.165) is 0 Å². The molecule has 5 nitrogen and oxygen atoms in total. The maximum atomic E-state index is 13.8. The van der Waals surface area contributed by atoms with Crippen LogP contribution >= 0.6 is 15.9 Å². The fourth-order valence-electron chi connectivity index (χ4n) is 2.18. The number of hydrogen-bond donors (Lipinski definition) is 1. The lowest BCUT2D eigenvalue weighted by Crippen LogP contribution is -2.30. The van der Waals surface area contributed by atoms with Gasteiger partial charge < -0.3 is 19.5 Å². The normalized spacial score (nSPS) is 14.0. The molecule has 126 valence electrons. The van der Waals surface area contributed by atoms with Gasteiger partial charge in [-0.2, -0.15) is 0 Å². The third-order valence-corrected chi connectivity index (χ3v) is 3.87. The molecule has 0 saturated carbocycles. The Morgan fingerprint density at radius 1 is 1.21 bits per heavy atom. The van der Waals surface area contributed by atoms with Crippen LogP contribution < -0.4 is 19.5 Å². The Hall–Kier alpha value is -2.28. The average Bonchev–Trinajstić information content (AvgIpc) is 2.57. The third kappa shape index (κ3) is 3.79. The van der Waals surface area contributed by atoms with Crippen LogP contribution in [0.15, 0.2) is 40.9 Å². The summed E-state index contributed by atoms with van der Waals surface area (Å²) in [5, 5.41) is 2.71. The second-order valence-electron chi connectivity index (χ2n) is 5.18. The van der Waals surface area contributed by atoms with E-state index in [4.69, 9.17) is 14.2 Å². The number of rotatable bonds is 4. The van der Waals surface area contributed by atoms with Crippen molar-refractivity contribution in [1.82, 2.24) is 0 Å². The van der Waals surface area contributed by atoms with Crippen LogP contribution in [0.25, 0.3) is 0 Å². The first-order valence-electron chi connectivity index (χ1n) is 7.35. The highest BCUT2D eigenvalue weighted by molar-refractivity contribution is 9.10. The molecule has 2 aromatic carbocycles. The van der Waals surface area contributed by atoms with E-state index in [0.29, 0.717) is 34.9 Å².